The number of carboxylic acid groups (broad SMARTS) is 1. The molecule has 0 spiro atoms. The Balaban J connectivity index is 1.41. The summed E-state index contributed by atoms with van der Waals surface area (Å²) >= 11 is 3.17. The Bertz CT molecular complexity index is 835. The molecule has 4 rings (SSSR count). The van der Waals surface area contributed by atoms with Crippen LogP contribution in [0.25, 0.3) is 0 Å². The van der Waals surface area contributed by atoms with Gasteiger partial charge in [-0.25, -0.2) is 14.8 Å². The van der Waals surface area contributed by atoms with Crippen LogP contribution in [0.5, 0.6) is 0 Å². The lowest BCUT2D eigenvalue weighted by molar-refractivity contribution is -0.163. The van der Waals surface area contributed by atoms with Gasteiger partial charge in [-0.05, 0) is 19.4 Å². The van der Waals surface area contributed by atoms with E-state index in [2.05, 4.69) is 15.3 Å². The van der Waals surface area contributed by atoms with Crippen LogP contribution in [0.15, 0.2) is 34.2 Å². The molecule has 2 saturated heterocycles. The minimum Gasteiger partial charge on any atom is -0.477 e. The maximum atomic E-state index is 12.4. The Morgan fingerprint density at radius 1 is 1.41 bits per heavy atom. The minimum atomic E-state index is -1.07. The van der Waals surface area contributed by atoms with E-state index in [0.29, 0.717) is 6.04 Å². The first kappa shape index (κ1) is 20.6. The molecule has 3 aliphatic heterocycles. The lowest BCUT2D eigenvalue weighted by Crippen LogP contribution is -2.63. The van der Waals surface area contributed by atoms with Gasteiger partial charge in [0.25, 0.3) is 0 Å². The van der Waals surface area contributed by atoms with Crippen molar-refractivity contribution in [1.29, 1.82) is 0 Å². The van der Waals surface area contributed by atoms with Crippen LogP contribution in [0.1, 0.15) is 20.3 Å². The van der Waals surface area contributed by atoms with Crippen LogP contribution >= 0.6 is 23.5 Å². The average Bonchev–Trinajstić information content (AvgIpc) is 3.22. The number of aliphatic hydroxyl groups excluding tert-OH is 1. The monoisotopic (exact) mass is 436 g/mol. The number of aliphatic carboxylic acids is 1. The van der Waals surface area contributed by atoms with Gasteiger partial charge in [0.1, 0.15) is 5.70 Å². The fraction of sp³-hybridized carbons (Fsp3) is 0.579. The third kappa shape index (κ3) is 3.78. The van der Waals surface area contributed by atoms with Crippen LogP contribution in [0, 0.1) is 11.8 Å². The standard InChI is InChI=1S/C19H24N4O4S2/c1-9-14-13(10(2)24)17(25)23(14)15(18(26)27)16(9)29-12-6-11(22-7-12)8-28-19-20-4-3-5-21-19/h3-5,9-14,22,24H,6-8H2,1-2H3,(H,26,27)/t9-,10-,11+,12+,13-,14-/m1/s1. The maximum absolute atomic E-state index is 12.4. The number of aromatic nitrogens is 2. The highest BCUT2D eigenvalue weighted by atomic mass is 32.2. The van der Waals surface area contributed by atoms with Crippen molar-refractivity contribution in [3.8, 4) is 0 Å². The number of carboxylic acids is 1. The van der Waals surface area contributed by atoms with Gasteiger partial charge in [-0.2, -0.15) is 0 Å². The Kier molecular flexibility index (Phi) is 5.87. The molecular weight excluding hydrogens is 412 g/mol. The summed E-state index contributed by atoms with van der Waals surface area (Å²) in [6.07, 6.45) is 3.58. The molecule has 0 aliphatic carbocycles. The number of fused-ring (bicyclic) bond motifs is 1. The van der Waals surface area contributed by atoms with E-state index >= 15 is 0 Å². The number of rotatable bonds is 7. The highest BCUT2D eigenvalue weighted by molar-refractivity contribution is 8.03. The van der Waals surface area contributed by atoms with Crippen molar-refractivity contribution in [1.82, 2.24) is 20.2 Å². The molecule has 0 radical (unpaired) electrons. The van der Waals surface area contributed by atoms with Gasteiger partial charge in [-0.15, -0.1) is 11.8 Å². The van der Waals surface area contributed by atoms with Crippen LogP contribution in [-0.2, 0) is 9.59 Å². The number of nitrogens with one attached hydrogen (secondary N) is 1. The molecule has 3 aliphatic rings. The van der Waals surface area contributed by atoms with Crippen molar-refractivity contribution in [2.75, 3.05) is 12.3 Å². The Labute approximate surface area is 177 Å². The fourth-order valence-electron chi connectivity index (χ4n) is 4.39. The minimum absolute atomic E-state index is 0.0884. The number of thioether (sulfide) groups is 2. The highest BCUT2D eigenvalue weighted by Crippen LogP contribution is 2.51. The van der Waals surface area contributed by atoms with E-state index < -0.39 is 18.0 Å². The summed E-state index contributed by atoms with van der Waals surface area (Å²) in [5.41, 5.74) is 0.102. The largest absolute Gasteiger partial charge is 0.477 e. The van der Waals surface area contributed by atoms with Gasteiger partial charge >= 0.3 is 5.97 Å². The molecule has 8 nitrogen and oxygen atoms in total. The second kappa shape index (κ2) is 8.25. The summed E-state index contributed by atoms with van der Waals surface area (Å²) in [5.74, 6) is -1.12. The topological polar surface area (TPSA) is 116 Å². The number of hydrogen-bond acceptors (Lipinski definition) is 8. The normalized spacial score (nSPS) is 32.3. The summed E-state index contributed by atoms with van der Waals surface area (Å²) in [5, 5.41) is 24.2. The Morgan fingerprint density at radius 2 is 2.14 bits per heavy atom. The molecule has 2 fully saturated rings. The van der Waals surface area contributed by atoms with Crippen molar-refractivity contribution in [3.05, 3.63) is 29.1 Å². The lowest BCUT2D eigenvalue weighted by atomic mass is 9.79. The summed E-state index contributed by atoms with van der Waals surface area (Å²) in [4.78, 5) is 34.9. The summed E-state index contributed by atoms with van der Waals surface area (Å²) in [6.45, 7) is 4.34. The molecule has 29 heavy (non-hydrogen) atoms. The first-order valence-electron chi connectivity index (χ1n) is 9.67. The zero-order chi connectivity index (χ0) is 20.7. The predicted molar refractivity (Wildman–Crippen MR) is 110 cm³/mol. The SMILES string of the molecule is C[C@@H](O)[C@H]1C(=O)N2C(C(=O)O)=C(S[C@@H]3CN[C@H](CSc4ncccn4)C3)[C@H](C)[C@H]12. The molecule has 6 atom stereocenters. The molecule has 0 aromatic carbocycles. The summed E-state index contributed by atoms with van der Waals surface area (Å²) in [6, 6.07) is 1.83. The van der Waals surface area contributed by atoms with Gasteiger partial charge in [0, 0.05) is 46.8 Å². The van der Waals surface area contributed by atoms with E-state index in [1.807, 2.05) is 6.92 Å². The van der Waals surface area contributed by atoms with Crippen LogP contribution in [0.2, 0.25) is 0 Å². The zero-order valence-corrected chi connectivity index (χ0v) is 17.8. The van der Waals surface area contributed by atoms with E-state index in [0.717, 1.165) is 28.8 Å². The first-order valence-corrected chi connectivity index (χ1v) is 11.5. The lowest BCUT2D eigenvalue weighted by Gasteiger charge is -2.46. The maximum Gasteiger partial charge on any atom is 0.353 e. The molecule has 0 saturated carbocycles. The van der Waals surface area contributed by atoms with Gasteiger partial charge in [0.05, 0.1) is 18.1 Å². The molecule has 1 aromatic heterocycles. The molecule has 156 valence electrons. The molecular formula is C19H24N4O4S2. The average molecular weight is 437 g/mol. The molecule has 0 unspecified atom stereocenters. The molecule has 4 heterocycles. The molecule has 0 bridgehead atoms. The van der Waals surface area contributed by atoms with E-state index in [4.69, 9.17) is 0 Å². The summed E-state index contributed by atoms with van der Waals surface area (Å²) in [7, 11) is 0. The van der Waals surface area contributed by atoms with E-state index in [1.54, 1.807) is 48.9 Å². The third-order valence-corrected chi connectivity index (χ3v) is 8.29. The van der Waals surface area contributed by atoms with Crippen molar-refractivity contribution in [2.24, 2.45) is 11.8 Å². The van der Waals surface area contributed by atoms with E-state index in [9.17, 15) is 19.8 Å². The van der Waals surface area contributed by atoms with Gasteiger partial charge in [-0.1, -0.05) is 18.7 Å². The smallest absolute Gasteiger partial charge is 0.353 e. The number of hydrogen-bond donors (Lipinski definition) is 3. The first-order chi connectivity index (χ1) is 13.9. The number of aliphatic hydroxyl groups is 1. The van der Waals surface area contributed by atoms with Crippen molar-refractivity contribution in [2.45, 2.75) is 48.9 Å². The summed E-state index contributed by atoms with van der Waals surface area (Å²) < 4.78 is 0. The van der Waals surface area contributed by atoms with Crippen molar-refractivity contribution in [3.63, 3.8) is 0 Å². The van der Waals surface area contributed by atoms with Crippen molar-refractivity contribution >= 4 is 35.4 Å². The number of carbonyl (C=O) groups excluding carboxylic acids is 1. The van der Waals surface area contributed by atoms with Crippen LogP contribution in [-0.4, -0.2) is 72.7 Å². The molecule has 10 heteroatoms. The third-order valence-electron chi connectivity index (χ3n) is 5.74. The van der Waals surface area contributed by atoms with Crippen LogP contribution in [0.3, 0.4) is 0 Å². The van der Waals surface area contributed by atoms with Crippen LogP contribution < -0.4 is 5.32 Å². The highest BCUT2D eigenvalue weighted by Gasteiger charge is 2.60. The van der Waals surface area contributed by atoms with E-state index in [1.165, 1.54) is 4.90 Å². The van der Waals surface area contributed by atoms with Gasteiger partial charge in [0.2, 0.25) is 5.91 Å². The fourth-order valence-corrected chi connectivity index (χ4v) is 6.79. The quantitative estimate of drug-likeness (QED) is 0.329. The van der Waals surface area contributed by atoms with Gasteiger partial charge < -0.3 is 20.4 Å². The van der Waals surface area contributed by atoms with E-state index in [-0.39, 0.29) is 28.8 Å². The van der Waals surface area contributed by atoms with Crippen LogP contribution in [0.4, 0.5) is 0 Å². The Hall–Kier alpha value is -1.62. The second-order valence-corrected chi connectivity index (χ2v) is 10.0. The zero-order valence-electron chi connectivity index (χ0n) is 16.2. The molecule has 1 amide bonds. The van der Waals surface area contributed by atoms with Crippen molar-refractivity contribution < 1.29 is 19.8 Å². The second-order valence-electron chi connectivity index (χ2n) is 7.70. The predicted octanol–water partition coefficient (Wildman–Crippen LogP) is 1.19. The number of β-lactam (4-membered cyclic amide) rings is 1. The molecule has 1 aromatic rings. The number of amides is 1. The Morgan fingerprint density at radius 3 is 2.79 bits per heavy atom. The van der Waals surface area contributed by atoms with Gasteiger partial charge in [-0.3, -0.25) is 4.79 Å². The number of nitrogens with zero attached hydrogens (tertiary/aromatic N) is 3. The number of carbonyl (C=O) groups is 2. The van der Waals surface area contributed by atoms with Gasteiger partial charge in [0.15, 0.2) is 5.16 Å². The molecule has 3 N–H and O–H groups in total.